The van der Waals surface area contributed by atoms with Crippen LogP contribution in [0.15, 0.2) is 77.5 Å². The van der Waals surface area contributed by atoms with Crippen LogP contribution in [0.3, 0.4) is 0 Å². The number of hydrogen-bond donors (Lipinski definition) is 1. The number of anilines is 1. The van der Waals surface area contributed by atoms with E-state index >= 15 is 0 Å². The Hall–Kier alpha value is -3.37. The summed E-state index contributed by atoms with van der Waals surface area (Å²) in [5, 5.41) is 5.25. The maximum Gasteiger partial charge on any atom is 0.211 e. The highest BCUT2D eigenvalue weighted by atomic mass is 35.5. The van der Waals surface area contributed by atoms with Crippen molar-refractivity contribution < 1.29 is 9.59 Å². The first-order valence-electron chi connectivity index (χ1n) is 9.46. The molecule has 0 atom stereocenters. The van der Waals surface area contributed by atoms with Crippen LogP contribution in [0, 0.1) is 0 Å². The van der Waals surface area contributed by atoms with Crippen molar-refractivity contribution in [3.63, 3.8) is 0 Å². The van der Waals surface area contributed by atoms with Crippen LogP contribution in [0.1, 0.15) is 27.6 Å². The molecule has 4 aromatic rings. The lowest BCUT2D eigenvalue weighted by molar-refractivity contribution is 0.0982. The van der Waals surface area contributed by atoms with Gasteiger partial charge < -0.3 is 9.88 Å². The SMILES string of the molecule is CCn1c2ccccc2c2cc(NC3=C(Cl)C(=O)c4ccccc4C3=O)ccc21. The number of rotatable bonds is 3. The van der Waals surface area contributed by atoms with Crippen LogP contribution in [-0.4, -0.2) is 16.1 Å². The van der Waals surface area contributed by atoms with Crippen molar-refractivity contribution >= 4 is 50.7 Å². The summed E-state index contributed by atoms with van der Waals surface area (Å²) in [6.45, 7) is 2.98. The summed E-state index contributed by atoms with van der Waals surface area (Å²) >= 11 is 6.29. The molecule has 0 spiro atoms. The van der Waals surface area contributed by atoms with E-state index in [0.29, 0.717) is 16.8 Å². The predicted octanol–water partition coefficient (Wildman–Crippen LogP) is 5.76. The van der Waals surface area contributed by atoms with Gasteiger partial charge in [-0.25, -0.2) is 0 Å². The van der Waals surface area contributed by atoms with E-state index in [-0.39, 0.29) is 22.3 Å². The molecule has 0 saturated carbocycles. The van der Waals surface area contributed by atoms with Gasteiger partial charge in [0.1, 0.15) is 10.7 Å². The number of nitrogens with one attached hydrogen (secondary N) is 1. The molecule has 0 unspecified atom stereocenters. The minimum Gasteiger partial charge on any atom is -0.351 e. The molecule has 0 bridgehead atoms. The second-order valence-corrected chi connectivity index (χ2v) is 7.39. The molecule has 1 aromatic heterocycles. The van der Waals surface area contributed by atoms with Crippen LogP contribution in [0.2, 0.25) is 0 Å². The molecule has 1 heterocycles. The Labute approximate surface area is 172 Å². The van der Waals surface area contributed by atoms with Crippen molar-refractivity contribution in [2.45, 2.75) is 13.5 Å². The third-order valence-electron chi connectivity index (χ3n) is 5.42. The van der Waals surface area contributed by atoms with Gasteiger partial charge in [-0.1, -0.05) is 54.1 Å². The number of allylic oxidation sites excluding steroid dienone is 2. The molecule has 5 heteroatoms. The van der Waals surface area contributed by atoms with Gasteiger partial charge in [-0.05, 0) is 31.2 Å². The molecule has 3 aromatic carbocycles. The monoisotopic (exact) mass is 400 g/mol. The highest BCUT2D eigenvalue weighted by molar-refractivity contribution is 6.50. The van der Waals surface area contributed by atoms with Gasteiger partial charge in [0.25, 0.3) is 0 Å². The van der Waals surface area contributed by atoms with E-state index in [1.54, 1.807) is 24.3 Å². The van der Waals surface area contributed by atoms with E-state index in [9.17, 15) is 9.59 Å². The largest absolute Gasteiger partial charge is 0.351 e. The number of para-hydroxylation sites is 1. The van der Waals surface area contributed by atoms with Crippen LogP contribution >= 0.6 is 11.6 Å². The Morgan fingerprint density at radius 3 is 2.24 bits per heavy atom. The minimum atomic E-state index is -0.340. The summed E-state index contributed by atoms with van der Waals surface area (Å²) in [6, 6.07) is 20.9. The lowest BCUT2D eigenvalue weighted by atomic mass is 9.92. The average Bonchev–Trinajstić information content (AvgIpc) is 3.08. The molecule has 5 rings (SSSR count). The van der Waals surface area contributed by atoms with Gasteiger partial charge >= 0.3 is 0 Å². The van der Waals surface area contributed by atoms with Gasteiger partial charge in [0.15, 0.2) is 0 Å². The molecule has 142 valence electrons. The number of hydrogen-bond acceptors (Lipinski definition) is 3. The van der Waals surface area contributed by atoms with Crippen LogP contribution < -0.4 is 5.32 Å². The Morgan fingerprint density at radius 2 is 1.48 bits per heavy atom. The van der Waals surface area contributed by atoms with Crippen LogP contribution in [-0.2, 0) is 6.54 Å². The third-order valence-corrected chi connectivity index (χ3v) is 5.78. The maximum atomic E-state index is 12.9. The van der Waals surface area contributed by atoms with Gasteiger partial charge in [0.05, 0.1) is 0 Å². The van der Waals surface area contributed by atoms with Crippen molar-refractivity contribution in [2.75, 3.05) is 5.32 Å². The summed E-state index contributed by atoms with van der Waals surface area (Å²) < 4.78 is 2.26. The van der Waals surface area contributed by atoms with Crippen molar-refractivity contribution in [1.29, 1.82) is 0 Å². The average molecular weight is 401 g/mol. The van der Waals surface area contributed by atoms with Crippen molar-refractivity contribution in [1.82, 2.24) is 4.57 Å². The molecular weight excluding hydrogens is 384 g/mol. The molecule has 1 aliphatic carbocycles. The summed E-state index contributed by atoms with van der Waals surface area (Å²) in [6.07, 6.45) is 0. The van der Waals surface area contributed by atoms with E-state index in [2.05, 4.69) is 28.9 Å². The van der Waals surface area contributed by atoms with Crippen LogP contribution in [0.4, 0.5) is 5.69 Å². The summed E-state index contributed by atoms with van der Waals surface area (Å²) in [4.78, 5) is 25.5. The van der Waals surface area contributed by atoms with E-state index < -0.39 is 0 Å². The summed E-state index contributed by atoms with van der Waals surface area (Å²) in [7, 11) is 0. The Balaban J connectivity index is 1.62. The molecule has 0 radical (unpaired) electrons. The van der Waals surface area contributed by atoms with E-state index in [1.807, 2.05) is 30.3 Å². The van der Waals surface area contributed by atoms with Gasteiger partial charge in [0.2, 0.25) is 11.6 Å². The lowest BCUT2D eigenvalue weighted by Gasteiger charge is -2.19. The van der Waals surface area contributed by atoms with Crippen molar-refractivity contribution in [3.05, 3.63) is 88.6 Å². The Kier molecular flexibility index (Phi) is 4.03. The first-order chi connectivity index (χ1) is 14.1. The number of nitrogens with zero attached hydrogens (tertiary/aromatic N) is 1. The number of fused-ring (bicyclic) bond motifs is 4. The van der Waals surface area contributed by atoms with Gasteiger partial charge in [-0.2, -0.15) is 0 Å². The Morgan fingerprint density at radius 1 is 0.828 bits per heavy atom. The molecule has 1 aliphatic rings. The van der Waals surface area contributed by atoms with E-state index in [4.69, 9.17) is 11.6 Å². The van der Waals surface area contributed by atoms with E-state index in [0.717, 1.165) is 28.4 Å². The molecule has 0 saturated heterocycles. The van der Waals surface area contributed by atoms with E-state index in [1.165, 1.54) is 0 Å². The zero-order chi connectivity index (χ0) is 20.1. The smallest absolute Gasteiger partial charge is 0.211 e. The van der Waals surface area contributed by atoms with Crippen molar-refractivity contribution in [3.8, 4) is 0 Å². The fourth-order valence-electron chi connectivity index (χ4n) is 4.07. The van der Waals surface area contributed by atoms with Crippen LogP contribution in [0.5, 0.6) is 0 Å². The second-order valence-electron chi connectivity index (χ2n) is 7.01. The minimum absolute atomic E-state index is 0.0789. The first-order valence-corrected chi connectivity index (χ1v) is 9.84. The number of carbonyl (C=O) groups is 2. The Bertz CT molecular complexity index is 1360. The molecule has 0 aliphatic heterocycles. The summed E-state index contributed by atoms with van der Waals surface area (Å²) in [5.74, 6) is -0.616. The standard InChI is InChI=1S/C24H17ClN2O2/c1-2-27-19-10-6-5-7-15(19)18-13-14(11-12-20(18)27)26-22-21(25)23(28)16-8-3-4-9-17(16)24(22)29/h3-13,26H,2H2,1H3. The maximum absolute atomic E-state index is 12.9. The highest BCUT2D eigenvalue weighted by Crippen LogP contribution is 2.33. The number of Topliss-reactive ketones (excluding diaryl/α,β-unsaturated/α-hetero) is 2. The van der Waals surface area contributed by atoms with Crippen LogP contribution in [0.25, 0.3) is 21.8 Å². The first kappa shape index (κ1) is 17.7. The predicted molar refractivity (Wildman–Crippen MR) is 117 cm³/mol. The molecule has 4 nitrogen and oxygen atoms in total. The quantitative estimate of drug-likeness (QED) is 0.476. The number of aryl methyl sites for hydroxylation is 1. The molecule has 29 heavy (non-hydrogen) atoms. The molecular formula is C24H17ClN2O2. The molecule has 0 fully saturated rings. The normalized spacial score (nSPS) is 14.0. The topological polar surface area (TPSA) is 51.1 Å². The van der Waals surface area contributed by atoms with Crippen molar-refractivity contribution in [2.24, 2.45) is 0 Å². The molecule has 0 amide bonds. The van der Waals surface area contributed by atoms with Gasteiger partial charge in [-0.3, -0.25) is 9.59 Å². The lowest BCUT2D eigenvalue weighted by Crippen LogP contribution is -2.24. The number of halogens is 1. The number of aromatic nitrogens is 1. The number of ketones is 2. The fourth-order valence-corrected chi connectivity index (χ4v) is 4.31. The highest BCUT2D eigenvalue weighted by Gasteiger charge is 2.31. The second kappa shape index (κ2) is 6.61. The number of benzene rings is 3. The fraction of sp³-hybridized carbons (Fsp3) is 0.0833. The number of carbonyl (C=O) groups excluding carboxylic acids is 2. The van der Waals surface area contributed by atoms with Gasteiger partial charge in [-0.15, -0.1) is 0 Å². The molecule has 1 N–H and O–H groups in total. The third kappa shape index (κ3) is 2.60. The zero-order valence-electron chi connectivity index (χ0n) is 15.7. The summed E-state index contributed by atoms with van der Waals surface area (Å²) in [5.41, 5.74) is 3.83. The zero-order valence-corrected chi connectivity index (χ0v) is 16.5. The van der Waals surface area contributed by atoms with Gasteiger partial charge in [0, 0.05) is 45.2 Å².